The molecule has 4 aromatic rings. The van der Waals surface area contributed by atoms with Crippen LogP contribution < -0.4 is 5.32 Å². The maximum absolute atomic E-state index is 10.9. The molecule has 148 valence electrons. The van der Waals surface area contributed by atoms with Crippen LogP contribution in [0.4, 0.5) is 0 Å². The van der Waals surface area contributed by atoms with Crippen molar-refractivity contribution >= 4 is 10.9 Å². The highest BCUT2D eigenvalue weighted by molar-refractivity contribution is 5.81. The lowest BCUT2D eigenvalue weighted by molar-refractivity contribution is 0.132. The largest absolute Gasteiger partial charge is 0.389 e. The molecule has 2 N–H and O–H groups in total. The zero-order chi connectivity index (χ0) is 20.1. The average molecular weight is 385 g/mol. The molecule has 0 aliphatic carbocycles. The van der Waals surface area contributed by atoms with E-state index in [2.05, 4.69) is 82.8 Å². The van der Waals surface area contributed by atoms with E-state index in [-0.39, 0.29) is 6.04 Å². The molecule has 4 rings (SSSR count). The number of hydrogen-bond acceptors (Lipinski definition) is 2. The van der Waals surface area contributed by atoms with E-state index in [1.807, 2.05) is 25.2 Å². The third kappa shape index (κ3) is 4.42. The predicted octanol–water partition coefficient (Wildman–Crippen LogP) is 4.60. The summed E-state index contributed by atoms with van der Waals surface area (Å²) >= 11 is 0. The lowest BCUT2D eigenvalue weighted by atomic mass is 10.00. The number of fused-ring (bicyclic) bond motifs is 1. The second-order valence-electron chi connectivity index (χ2n) is 7.58. The number of aromatic nitrogens is 1. The minimum atomic E-state index is -0.518. The molecule has 0 aliphatic heterocycles. The van der Waals surface area contributed by atoms with Gasteiger partial charge in [0.2, 0.25) is 0 Å². The van der Waals surface area contributed by atoms with Gasteiger partial charge in [0.1, 0.15) is 0 Å². The molecule has 3 aromatic carbocycles. The van der Waals surface area contributed by atoms with Crippen molar-refractivity contribution in [2.24, 2.45) is 0 Å². The van der Waals surface area contributed by atoms with Gasteiger partial charge in [-0.3, -0.25) is 0 Å². The van der Waals surface area contributed by atoms with Crippen LogP contribution in [0.15, 0.2) is 91.1 Å². The van der Waals surface area contributed by atoms with E-state index in [9.17, 15) is 5.11 Å². The summed E-state index contributed by atoms with van der Waals surface area (Å²) in [7, 11) is 1.87. The fourth-order valence-electron chi connectivity index (χ4n) is 4.08. The van der Waals surface area contributed by atoms with Crippen molar-refractivity contribution in [1.82, 2.24) is 9.88 Å². The first-order chi connectivity index (χ1) is 14.3. The zero-order valence-corrected chi connectivity index (χ0v) is 16.8. The third-order valence-electron chi connectivity index (χ3n) is 5.55. The molecule has 3 heteroatoms. The van der Waals surface area contributed by atoms with Gasteiger partial charge in [0.25, 0.3) is 0 Å². The first-order valence-electron chi connectivity index (χ1n) is 10.3. The van der Waals surface area contributed by atoms with Gasteiger partial charge in [-0.2, -0.15) is 0 Å². The zero-order valence-electron chi connectivity index (χ0n) is 16.8. The van der Waals surface area contributed by atoms with Crippen molar-refractivity contribution in [2.45, 2.75) is 25.0 Å². The van der Waals surface area contributed by atoms with Crippen LogP contribution in [-0.4, -0.2) is 29.4 Å². The van der Waals surface area contributed by atoms with Crippen molar-refractivity contribution < 1.29 is 5.11 Å². The fraction of sp³-hybridized carbons (Fsp3) is 0.231. The summed E-state index contributed by atoms with van der Waals surface area (Å²) in [5, 5.41) is 15.2. The second-order valence-corrected chi connectivity index (χ2v) is 7.58. The Morgan fingerprint density at radius 1 is 0.828 bits per heavy atom. The van der Waals surface area contributed by atoms with Gasteiger partial charge in [0.15, 0.2) is 0 Å². The number of likely N-dealkylation sites (N-methyl/N-ethyl adjacent to an activating group) is 1. The average Bonchev–Trinajstić information content (AvgIpc) is 3.17. The Bertz CT molecular complexity index is 1040. The van der Waals surface area contributed by atoms with Gasteiger partial charge in [0.05, 0.1) is 12.1 Å². The van der Waals surface area contributed by atoms with Crippen LogP contribution in [0.2, 0.25) is 0 Å². The minimum Gasteiger partial charge on any atom is -0.389 e. The molecule has 1 aromatic heterocycles. The van der Waals surface area contributed by atoms with Crippen LogP contribution >= 0.6 is 0 Å². The molecule has 0 amide bonds. The van der Waals surface area contributed by atoms with Crippen molar-refractivity contribution in [2.75, 3.05) is 13.6 Å². The molecule has 3 nitrogen and oxygen atoms in total. The second kappa shape index (κ2) is 9.08. The van der Waals surface area contributed by atoms with E-state index in [4.69, 9.17) is 0 Å². The number of hydrogen-bond donors (Lipinski definition) is 2. The maximum Gasteiger partial charge on any atom is 0.0912 e. The number of nitrogens with one attached hydrogen (secondary N) is 1. The standard InChI is InChI=1S/C26H28N2O/c1-27-19-25(29)26(22-10-6-3-7-11-22)28-17-16-23-18-21(14-15-24(23)28)13-12-20-8-4-2-5-9-20/h2-11,14-18,25-27,29H,12-13,19H2,1H3. The SMILES string of the molecule is CNCC(O)C(c1ccccc1)n1ccc2cc(CCc3ccccc3)ccc21. The number of aryl methyl sites for hydroxylation is 2. The minimum absolute atomic E-state index is 0.128. The number of benzene rings is 3. The fourth-order valence-corrected chi connectivity index (χ4v) is 4.08. The smallest absolute Gasteiger partial charge is 0.0912 e. The van der Waals surface area contributed by atoms with E-state index in [1.165, 1.54) is 16.5 Å². The Labute approximate surface area is 172 Å². The molecular formula is C26H28N2O. The summed E-state index contributed by atoms with van der Waals surface area (Å²) in [5.41, 5.74) is 4.97. The first-order valence-corrected chi connectivity index (χ1v) is 10.3. The van der Waals surface area contributed by atoms with Crippen molar-refractivity contribution in [3.05, 3.63) is 108 Å². The molecule has 0 spiro atoms. The molecule has 0 saturated heterocycles. The summed E-state index contributed by atoms with van der Waals surface area (Å²) in [5.74, 6) is 0. The number of nitrogens with zero attached hydrogens (tertiary/aromatic N) is 1. The van der Waals surface area contributed by atoms with Gasteiger partial charge in [-0.25, -0.2) is 0 Å². The summed E-state index contributed by atoms with van der Waals surface area (Å²) in [4.78, 5) is 0. The molecule has 2 atom stereocenters. The Morgan fingerprint density at radius 3 is 2.24 bits per heavy atom. The molecule has 1 heterocycles. The molecule has 0 fully saturated rings. The van der Waals surface area contributed by atoms with Gasteiger partial charge >= 0.3 is 0 Å². The van der Waals surface area contributed by atoms with E-state index < -0.39 is 6.10 Å². The molecule has 0 aliphatic rings. The quantitative estimate of drug-likeness (QED) is 0.466. The van der Waals surface area contributed by atoms with Crippen LogP contribution in [0.5, 0.6) is 0 Å². The third-order valence-corrected chi connectivity index (χ3v) is 5.55. The van der Waals surface area contributed by atoms with Crippen LogP contribution in [0.3, 0.4) is 0 Å². The normalized spacial score (nSPS) is 13.4. The van der Waals surface area contributed by atoms with E-state index >= 15 is 0 Å². The highest BCUT2D eigenvalue weighted by Crippen LogP contribution is 2.28. The van der Waals surface area contributed by atoms with Crippen LogP contribution in [0.25, 0.3) is 10.9 Å². The van der Waals surface area contributed by atoms with Crippen molar-refractivity contribution in [1.29, 1.82) is 0 Å². The highest BCUT2D eigenvalue weighted by atomic mass is 16.3. The monoisotopic (exact) mass is 384 g/mol. The summed E-state index contributed by atoms with van der Waals surface area (Å²) in [6, 6.07) is 29.6. The molecule has 0 saturated carbocycles. The Balaban J connectivity index is 1.63. The van der Waals surface area contributed by atoms with Gasteiger partial charge in [-0.15, -0.1) is 0 Å². The highest BCUT2D eigenvalue weighted by Gasteiger charge is 2.23. The van der Waals surface area contributed by atoms with Gasteiger partial charge in [-0.05, 0) is 60.2 Å². The molecule has 2 unspecified atom stereocenters. The first kappa shape index (κ1) is 19.4. The lowest BCUT2D eigenvalue weighted by Gasteiger charge is -2.26. The number of aliphatic hydroxyl groups excluding tert-OH is 1. The van der Waals surface area contributed by atoms with Gasteiger partial charge in [-0.1, -0.05) is 66.7 Å². The van der Waals surface area contributed by atoms with Crippen LogP contribution in [0.1, 0.15) is 22.7 Å². The lowest BCUT2D eigenvalue weighted by Crippen LogP contribution is -2.33. The Kier molecular flexibility index (Phi) is 6.09. The van der Waals surface area contributed by atoms with E-state index in [0.29, 0.717) is 6.54 Å². The van der Waals surface area contributed by atoms with Gasteiger partial charge in [0, 0.05) is 18.3 Å². The molecule has 0 bridgehead atoms. The molecule has 0 radical (unpaired) electrons. The maximum atomic E-state index is 10.9. The van der Waals surface area contributed by atoms with Crippen LogP contribution in [-0.2, 0) is 12.8 Å². The Morgan fingerprint density at radius 2 is 1.52 bits per heavy atom. The van der Waals surface area contributed by atoms with Gasteiger partial charge < -0.3 is 15.0 Å². The van der Waals surface area contributed by atoms with Crippen molar-refractivity contribution in [3.8, 4) is 0 Å². The topological polar surface area (TPSA) is 37.2 Å². The molecular weight excluding hydrogens is 356 g/mol. The van der Waals surface area contributed by atoms with Crippen LogP contribution in [0, 0.1) is 0 Å². The summed E-state index contributed by atoms with van der Waals surface area (Å²) < 4.78 is 2.20. The predicted molar refractivity (Wildman–Crippen MR) is 120 cm³/mol. The van der Waals surface area contributed by atoms with Crippen molar-refractivity contribution in [3.63, 3.8) is 0 Å². The number of rotatable bonds is 8. The summed E-state index contributed by atoms with van der Waals surface area (Å²) in [6.45, 7) is 0.536. The van der Waals surface area contributed by atoms with E-state index in [0.717, 1.165) is 23.9 Å². The Hall–Kier alpha value is -2.88. The number of aliphatic hydroxyl groups is 1. The van der Waals surface area contributed by atoms with E-state index in [1.54, 1.807) is 0 Å². The summed E-state index contributed by atoms with van der Waals surface area (Å²) in [6.07, 6.45) is 3.65. The molecule has 29 heavy (non-hydrogen) atoms.